The van der Waals surface area contributed by atoms with E-state index in [0.29, 0.717) is 29.5 Å². The first-order valence-electron chi connectivity index (χ1n) is 10.8. The molecule has 0 unspecified atom stereocenters. The van der Waals surface area contributed by atoms with Gasteiger partial charge in [-0.25, -0.2) is 9.79 Å². The van der Waals surface area contributed by atoms with Gasteiger partial charge in [-0.2, -0.15) is 0 Å². The Hall–Kier alpha value is -3.57. The van der Waals surface area contributed by atoms with Crippen LogP contribution in [0.4, 0.5) is 0 Å². The van der Waals surface area contributed by atoms with Crippen LogP contribution in [0.3, 0.4) is 0 Å². The molecule has 4 rings (SSSR count). The third-order valence-corrected chi connectivity index (χ3v) is 5.37. The third kappa shape index (κ3) is 6.02. The zero-order valence-corrected chi connectivity index (χ0v) is 19.0. The Morgan fingerprint density at radius 1 is 0.970 bits per heavy atom. The van der Waals surface area contributed by atoms with Crippen LogP contribution in [0.1, 0.15) is 36.5 Å². The monoisotopic (exact) mass is 461 g/mol. The first-order chi connectivity index (χ1) is 16.1. The Bertz CT molecular complexity index is 1180. The number of aliphatic imine (C=N–C) groups is 1. The quantitative estimate of drug-likeness (QED) is 0.209. The molecule has 5 nitrogen and oxygen atoms in total. The number of hydrogen-bond acceptors (Lipinski definition) is 5. The highest BCUT2D eigenvalue weighted by Gasteiger charge is 2.24. The normalized spacial score (nSPS) is 14.2. The number of unbranched alkanes of at least 4 members (excludes halogenated alkanes) is 1. The lowest BCUT2D eigenvalue weighted by Gasteiger charge is -2.08. The maximum atomic E-state index is 12.4. The van der Waals surface area contributed by atoms with E-state index < -0.39 is 5.97 Å². The van der Waals surface area contributed by atoms with E-state index in [1.165, 1.54) is 0 Å². The molecular weight excluding hydrogens is 438 g/mol. The van der Waals surface area contributed by atoms with E-state index in [1.54, 1.807) is 6.08 Å². The molecule has 0 fully saturated rings. The van der Waals surface area contributed by atoms with Crippen LogP contribution >= 0.6 is 11.6 Å². The summed E-state index contributed by atoms with van der Waals surface area (Å²) in [6.07, 6.45) is 3.77. The van der Waals surface area contributed by atoms with Crippen molar-refractivity contribution in [2.45, 2.75) is 26.4 Å². The molecule has 1 aliphatic rings. The number of esters is 1. The summed E-state index contributed by atoms with van der Waals surface area (Å²) in [7, 11) is 0. The molecular formula is C27H24ClNO4. The average molecular weight is 462 g/mol. The Kier molecular flexibility index (Phi) is 7.43. The molecule has 3 aromatic rings. The van der Waals surface area contributed by atoms with Crippen LogP contribution in [0, 0.1) is 0 Å². The molecule has 0 saturated heterocycles. The Morgan fingerprint density at radius 3 is 2.58 bits per heavy atom. The van der Waals surface area contributed by atoms with E-state index in [9.17, 15) is 4.79 Å². The Balaban J connectivity index is 1.45. The maximum Gasteiger partial charge on any atom is 0.363 e. The maximum absolute atomic E-state index is 12.4. The molecule has 0 spiro atoms. The Labute approximate surface area is 198 Å². The van der Waals surface area contributed by atoms with Gasteiger partial charge in [0, 0.05) is 16.1 Å². The summed E-state index contributed by atoms with van der Waals surface area (Å²) in [5.41, 5.74) is 2.63. The van der Waals surface area contributed by atoms with Crippen molar-refractivity contribution in [2.24, 2.45) is 4.99 Å². The number of carbonyl (C=O) groups excluding carboxylic acids is 1. The highest BCUT2D eigenvalue weighted by molar-refractivity contribution is 6.31. The van der Waals surface area contributed by atoms with Crippen molar-refractivity contribution in [3.8, 4) is 11.5 Å². The molecule has 3 aromatic carbocycles. The lowest BCUT2D eigenvalue weighted by atomic mass is 10.2. The van der Waals surface area contributed by atoms with E-state index in [0.717, 1.165) is 29.7 Å². The second-order valence-electron chi connectivity index (χ2n) is 7.52. The highest BCUT2D eigenvalue weighted by atomic mass is 35.5. The van der Waals surface area contributed by atoms with Gasteiger partial charge in [-0.15, -0.1) is 0 Å². The second-order valence-corrected chi connectivity index (χ2v) is 7.92. The topological polar surface area (TPSA) is 57.1 Å². The minimum Gasteiger partial charge on any atom is -0.494 e. The van der Waals surface area contributed by atoms with Crippen molar-refractivity contribution in [1.82, 2.24) is 0 Å². The van der Waals surface area contributed by atoms with E-state index in [4.69, 9.17) is 25.8 Å². The summed E-state index contributed by atoms with van der Waals surface area (Å²) < 4.78 is 16.9. The number of ether oxygens (including phenoxy) is 3. The van der Waals surface area contributed by atoms with Crippen molar-refractivity contribution in [1.29, 1.82) is 0 Å². The van der Waals surface area contributed by atoms with Crippen LogP contribution < -0.4 is 9.47 Å². The minimum atomic E-state index is -0.490. The third-order valence-electron chi connectivity index (χ3n) is 5.00. The number of hydrogen-bond donors (Lipinski definition) is 0. The first-order valence-corrected chi connectivity index (χ1v) is 11.2. The number of carbonyl (C=O) groups is 1. The molecule has 0 aliphatic carbocycles. The molecule has 168 valence electrons. The first kappa shape index (κ1) is 22.6. The van der Waals surface area contributed by atoms with Gasteiger partial charge >= 0.3 is 5.97 Å². The molecule has 0 N–H and O–H groups in total. The lowest BCUT2D eigenvalue weighted by Crippen LogP contribution is -2.05. The second kappa shape index (κ2) is 10.8. The van der Waals surface area contributed by atoms with Gasteiger partial charge in [-0.1, -0.05) is 55.3 Å². The fraction of sp³-hybridized carbons (Fsp3) is 0.185. The van der Waals surface area contributed by atoms with Crippen LogP contribution in [-0.2, 0) is 16.1 Å². The molecule has 0 radical (unpaired) electrons. The van der Waals surface area contributed by atoms with Gasteiger partial charge in [-0.05, 0) is 60.5 Å². The number of rotatable bonds is 9. The predicted octanol–water partition coefficient (Wildman–Crippen LogP) is 6.44. The summed E-state index contributed by atoms with van der Waals surface area (Å²) >= 11 is 6.19. The summed E-state index contributed by atoms with van der Waals surface area (Å²) in [5.74, 6) is 1.23. The molecule has 33 heavy (non-hydrogen) atoms. The van der Waals surface area contributed by atoms with Gasteiger partial charge in [-0.3, -0.25) is 0 Å². The standard InChI is InChI=1S/C27H24ClNO4/c1-2-3-15-31-22-13-11-20(12-14-22)26-29-25(27(30)33-26)17-19-7-6-9-23(16-19)32-18-21-8-4-5-10-24(21)28/h4-14,16-17H,2-3,15,18H2,1H3/b25-17+. The lowest BCUT2D eigenvalue weighted by molar-refractivity contribution is -0.129. The summed E-state index contributed by atoms with van der Waals surface area (Å²) in [5, 5.41) is 0.659. The van der Waals surface area contributed by atoms with Crippen molar-refractivity contribution >= 4 is 29.5 Å². The number of halogens is 1. The smallest absolute Gasteiger partial charge is 0.363 e. The van der Waals surface area contributed by atoms with Crippen LogP contribution in [0.15, 0.2) is 83.5 Å². The van der Waals surface area contributed by atoms with Gasteiger partial charge < -0.3 is 14.2 Å². The number of nitrogens with zero attached hydrogens (tertiary/aromatic N) is 1. The molecule has 1 heterocycles. The minimum absolute atomic E-state index is 0.233. The zero-order valence-electron chi connectivity index (χ0n) is 18.3. The van der Waals surface area contributed by atoms with Crippen molar-refractivity contribution < 1.29 is 19.0 Å². The van der Waals surface area contributed by atoms with Gasteiger partial charge in [0.2, 0.25) is 5.90 Å². The van der Waals surface area contributed by atoms with E-state index in [-0.39, 0.29) is 11.6 Å². The highest BCUT2D eigenvalue weighted by Crippen LogP contribution is 2.24. The fourth-order valence-electron chi connectivity index (χ4n) is 3.19. The van der Waals surface area contributed by atoms with Crippen molar-refractivity contribution in [3.05, 3.63) is 100 Å². The van der Waals surface area contributed by atoms with Crippen LogP contribution in [-0.4, -0.2) is 18.5 Å². The fourth-order valence-corrected chi connectivity index (χ4v) is 3.38. The molecule has 0 atom stereocenters. The van der Waals surface area contributed by atoms with E-state index in [2.05, 4.69) is 11.9 Å². The van der Waals surface area contributed by atoms with Crippen molar-refractivity contribution in [2.75, 3.05) is 6.61 Å². The molecule has 6 heteroatoms. The van der Waals surface area contributed by atoms with Gasteiger partial charge in [0.1, 0.15) is 18.1 Å². The molecule has 0 aromatic heterocycles. The SMILES string of the molecule is CCCCOc1ccc(C2=N/C(=C/c3cccc(OCc4ccccc4Cl)c3)C(=O)O2)cc1. The Morgan fingerprint density at radius 2 is 1.79 bits per heavy atom. The molecule has 0 amide bonds. The number of benzene rings is 3. The largest absolute Gasteiger partial charge is 0.494 e. The van der Waals surface area contributed by atoms with Gasteiger partial charge in [0.25, 0.3) is 0 Å². The van der Waals surface area contributed by atoms with Gasteiger partial charge in [0.05, 0.1) is 6.61 Å². The van der Waals surface area contributed by atoms with Gasteiger partial charge in [0.15, 0.2) is 5.70 Å². The summed E-state index contributed by atoms with van der Waals surface area (Å²) in [6.45, 7) is 3.15. The molecule has 0 bridgehead atoms. The van der Waals surface area contributed by atoms with E-state index >= 15 is 0 Å². The zero-order chi connectivity index (χ0) is 23.0. The summed E-state index contributed by atoms with van der Waals surface area (Å²) in [6, 6.07) is 22.3. The van der Waals surface area contributed by atoms with Crippen molar-refractivity contribution in [3.63, 3.8) is 0 Å². The van der Waals surface area contributed by atoms with E-state index in [1.807, 2.05) is 72.8 Å². The summed E-state index contributed by atoms with van der Waals surface area (Å²) in [4.78, 5) is 16.7. The average Bonchev–Trinajstić information content (AvgIpc) is 3.19. The van der Waals surface area contributed by atoms with Crippen LogP contribution in [0.25, 0.3) is 6.08 Å². The number of cyclic esters (lactones) is 1. The molecule has 0 saturated carbocycles. The van der Waals surface area contributed by atoms with Crippen LogP contribution in [0.5, 0.6) is 11.5 Å². The van der Waals surface area contributed by atoms with Crippen LogP contribution in [0.2, 0.25) is 5.02 Å². The predicted molar refractivity (Wildman–Crippen MR) is 130 cm³/mol. The molecule has 1 aliphatic heterocycles.